The molecule has 0 saturated carbocycles. The van der Waals surface area contributed by atoms with Gasteiger partial charge in [0.2, 0.25) is 0 Å². The van der Waals surface area contributed by atoms with Crippen LogP contribution in [0.25, 0.3) is 0 Å². The Kier molecular flexibility index (Phi) is 5.38. The third-order valence-corrected chi connectivity index (χ3v) is 3.98. The fraction of sp³-hybridized carbons (Fsp3) is 0.333. The zero-order chi connectivity index (χ0) is 15.4. The van der Waals surface area contributed by atoms with Crippen LogP contribution in [0.5, 0.6) is 0 Å². The summed E-state index contributed by atoms with van der Waals surface area (Å²) in [7, 11) is 0. The summed E-state index contributed by atoms with van der Waals surface area (Å²) < 4.78 is 13.6. The lowest BCUT2D eigenvalue weighted by Gasteiger charge is -2.20. The topological polar surface area (TPSA) is 12.0 Å². The number of rotatable bonds is 5. The third-order valence-electron chi connectivity index (χ3n) is 3.55. The first kappa shape index (κ1) is 16.0. The number of benzene rings is 2. The lowest BCUT2D eigenvalue weighted by Crippen LogP contribution is -2.23. The van der Waals surface area contributed by atoms with E-state index in [0.717, 1.165) is 12.1 Å². The van der Waals surface area contributed by atoms with Gasteiger partial charge in [-0.15, -0.1) is 0 Å². The van der Waals surface area contributed by atoms with Crippen molar-refractivity contribution in [2.45, 2.75) is 33.2 Å². The molecule has 112 valence electrons. The second-order valence-corrected chi connectivity index (χ2v) is 5.83. The molecule has 2 rings (SSSR count). The fourth-order valence-corrected chi connectivity index (χ4v) is 2.89. The number of aryl methyl sites for hydroxylation is 2. The average Bonchev–Trinajstić information content (AvgIpc) is 2.42. The Bertz CT molecular complexity index is 604. The van der Waals surface area contributed by atoms with Crippen LogP contribution < -0.4 is 5.32 Å². The van der Waals surface area contributed by atoms with Crippen LogP contribution >= 0.6 is 11.6 Å². The Morgan fingerprint density at radius 2 is 1.81 bits per heavy atom. The molecule has 2 aromatic carbocycles. The third kappa shape index (κ3) is 4.05. The molecular weight excluding hydrogens is 285 g/mol. The molecule has 0 fully saturated rings. The Labute approximate surface area is 131 Å². The van der Waals surface area contributed by atoms with Crippen molar-refractivity contribution in [3.8, 4) is 0 Å². The minimum absolute atomic E-state index is 0.132. The molecule has 1 nitrogen and oxygen atoms in total. The predicted molar refractivity (Wildman–Crippen MR) is 87.4 cm³/mol. The molecule has 3 heteroatoms. The summed E-state index contributed by atoms with van der Waals surface area (Å²) in [5.41, 5.74) is 4.52. The van der Waals surface area contributed by atoms with Crippen molar-refractivity contribution in [1.29, 1.82) is 0 Å². The first-order valence-electron chi connectivity index (χ1n) is 7.25. The molecule has 0 bridgehead atoms. The van der Waals surface area contributed by atoms with Crippen LogP contribution in [0, 0.1) is 19.7 Å². The molecule has 0 heterocycles. The van der Waals surface area contributed by atoms with Gasteiger partial charge in [0.15, 0.2) is 0 Å². The molecule has 0 aliphatic carbocycles. The van der Waals surface area contributed by atoms with Gasteiger partial charge in [0.05, 0.1) is 5.02 Å². The normalized spacial score (nSPS) is 12.4. The maximum absolute atomic E-state index is 13.6. The maximum atomic E-state index is 13.6. The SMILES string of the molecule is CCNC(Cc1cccc(F)c1Cl)c1cc(C)cc(C)c1. The number of hydrogen-bond acceptors (Lipinski definition) is 1. The van der Waals surface area contributed by atoms with Gasteiger partial charge < -0.3 is 5.32 Å². The van der Waals surface area contributed by atoms with Crippen LogP contribution in [0.3, 0.4) is 0 Å². The molecule has 1 unspecified atom stereocenters. The van der Waals surface area contributed by atoms with E-state index < -0.39 is 0 Å². The molecule has 0 aliphatic rings. The van der Waals surface area contributed by atoms with Crippen molar-refractivity contribution in [2.24, 2.45) is 0 Å². The fourth-order valence-electron chi connectivity index (χ4n) is 2.69. The monoisotopic (exact) mass is 305 g/mol. The highest BCUT2D eigenvalue weighted by Crippen LogP contribution is 2.26. The van der Waals surface area contributed by atoms with Crippen LogP contribution in [0.1, 0.15) is 35.2 Å². The van der Waals surface area contributed by atoms with E-state index in [0.29, 0.717) is 6.42 Å². The Hall–Kier alpha value is -1.38. The number of halogens is 2. The van der Waals surface area contributed by atoms with Gasteiger partial charge in [-0.05, 0) is 44.0 Å². The molecule has 21 heavy (non-hydrogen) atoms. The Morgan fingerprint density at radius 1 is 1.14 bits per heavy atom. The smallest absolute Gasteiger partial charge is 0.142 e. The highest BCUT2D eigenvalue weighted by Gasteiger charge is 2.15. The van der Waals surface area contributed by atoms with E-state index in [1.165, 1.54) is 22.8 Å². The molecule has 0 radical (unpaired) electrons. The maximum Gasteiger partial charge on any atom is 0.142 e. The van der Waals surface area contributed by atoms with Gasteiger partial charge in [-0.1, -0.05) is 60.0 Å². The zero-order valence-corrected chi connectivity index (χ0v) is 13.5. The van der Waals surface area contributed by atoms with Crippen LogP contribution in [-0.4, -0.2) is 6.54 Å². The van der Waals surface area contributed by atoms with E-state index in [-0.39, 0.29) is 16.9 Å². The van der Waals surface area contributed by atoms with E-state index in [1.54, 1.807) is 6.07 Å². The molecule has 0 saturated heterocycles. The number of hydrogen-bond donors (Lipinski definition) is 1. The molecule has 2 aromatic rings. The van der Waals surface area contributed by atoms with Gasteiger partial charge >= 0.3 is 0 Å². The summed E-state index contributed by atoms with van der Waals surface area (Å²) in [5, 5.41) is 3.69. The van der Waals surface area contributed by atoms with Gasteiger partial charge in [0.25, 0.3) is 0 Å². The molecule has 1 atom stereocenters. The van der Waals surface area contributed by atoms with Crippen LogP contribution in [0.15, 0.2) is 36.4 Å². The summed E-state index contributed by atoms with van der Waals surface area (Å²) in [4.78, 5) is 0. The van der Waals surface area contributed by atoms with E-state index in [2.05, 4.69) is 44.3 Å². The van der Waals surface area contributed by atoms with Gasteiger partial charge in [0.1, 0.15) is 5.82 Å². The Balaban J connectivity index is 2.32. The minimum Gasteiger partial charge on any atom is -0.310 e. The van der Waals surface area contributed by atoms with Gasteiger partial charge in [0, 0.05) is 6.04 Å². The van der Waals surface area contributed by atoms with E-state index in [1.807, 2.05) is 6.07 Å². The summed E-state index contributed by atoms with van der Waals surface area (Å²) in [6.45, 7) is 7.11. The van der Waals surface area contributed by atoms with Crippen LogP contribution in [0.4, 0.5) is 4.39 Å². The minimum atomic E-state index is -0.357. The van der Waals surface area contributed by atoms with Crippen molar-refractivity contribution in [2.75, 3.05) is 6.54 Å². The second kappa shape index (κ2) is 7.06. The largest absolute Gasteiger partial charge is 0.310 e. The number of likely N-dealkylation sites (N-methyl/N-ethyl adjacent to an activating group) is 1. The van der Waals surface area contributed by atoms with E-state index in [9.17, 15) is 4.39 Å². The predicted octanol–water partition coefficient (Wildman–Crippen LogP) is 4.99. The van der Waals surface area contributed by atoms with Gasteiger partial charge in [-0.3, -0.25) is 0 Å². The highest BCUT2D eigenvalue weighted by molar-refractivity contribution is 6.31. The second-order valence-electron chi connectivity index (χ2n) is 5.45. The number of nitrogens with one attached hydrogen (secondary N) is 1. The van der Waals surface area contributed by atoms with E-state index in [4.69, 9.17) is 11.6 Å². The van der Waals surface area contributed by atoms with Gasteiger partial charge in [-0.25, -0.2) is 4.39 Å². The molecule has 0 spiro atoms. The van der Waals surface area contributed by atoms with E-state index >= 15 is 0 Å². The summed E-state index contributed by atoms with van der Waals surface area (Å²) in [6.07, 6.45) is 0.674. The van der Waals surface area contributed by atoms with Crippen molar-refractivity contribution in [1.82, 2.24) is 5.32 Å². The molecule has 0 aliphatic heterocycles. The first-order valence-corrected chi connectivity index (χ1v) is 7.63. The van der Waals surface area contributed by atoms with Crippen molar-refractivity contribution >= 4 is 11.6 Å². The summed E-state index contributed by atoms with van der Waals surface area (Å²) in [5.74, 6) is -0.357. The zero-order valence-electron chi connectivity index (χ0n) is 12.7. The molecule has 0 amide bonds. The Morgan fingerprint density at radius 3 is 2.43 bits per heavy atom. The lowest BCUT2D eigenvalue weighted by atomic mass is 9.96. The highest BCUT2D eigenvalue weighted by atomic mass is 35.5. The molecular formula is C18H21ClFN. The standard InChI is InChI=1S/C18H21ClFN/c1-4-21-17(15-9-12(2)8-13(3)10-15)11-14-6-5-7-16(20)18(14)19/h5-10,17,21H,4,11H2,1-3H3. The average molecular weight is 306 g/mol. The first-order chi connectivity index (χ1) is 10.0. The molecule has 1 N–H and O–H groups in total. The van der Waals surface area contributed by atoms with Crippen molar-refractivity contribution < 1.29 is 4.39 Å². The van der Waals surface area contributed by atoms with Crippen LogP contribution in [0.2, 0.25) is 5.02 Å². The summed E-state index contributed by atoms with van der Waals surface area (Å²) >= 11 is 6.08. The van der Waals surface area contributed by atoms with Gasteiger partial charge in [-0.2, -0.15) is 0 Å². The van der Waals surface area contributed by atoms with Crippen molar-refractivity contribution in [3.05, 3.63) is 69.5 Å². The lowest BCUT2D eigenvalue weighted by molar-refractivity contribution is 0.546. The summed E-state index contributed by atoms with van der Waals surface area (Å²) in [6, 6.07) is 11.6. The van der Waals surface area contributed by atoms with Crippen molar-refractivity contribution in [3.63, 3.8) is 0 Å². The van der Waals surface area contributed by atoms with Crippen LogP contribution in [-0.2, 0) is 6.42 Å². The quantitative estimate of drug-likeness (QED) is 0.820. The molecule has 0 aromatic heterocycles.